The first kappa shape index (κ1) is 15.9. The first-order valence-corrected chi connectivity index (χ1v) is 7.55. The molecule has 23 heavy (non-hydrogen) atoms. The van der Waals surface area contributed by atoms with Gasteiger partial charge < -0.3 is 14.2 Å². The van der Waals surface area contributed by atoms with Gasteiger partial charge in [-0.15, -0.1) is 0 Å². The fraction of sp³-hybridized carbons (Fsp3) is 0.400. The molecule has 6 nitrogen and oxygen atoms in total. The lowest BCUT2D eigenvalue weighted by molar-refractivity contribution is -0.138. The maximum atomic E-state index is 13.8. The van der Waals surface area contributed by atoms with E-state index in [1.165, 1.54) is 12.1 Å². The molecule has 2 aromatic rings. The first-order chi connectivity index (χ1) is 11.0. The van der Waals surface area contributed by atoms with Gasteiger partial charge in [-0.2, -0.15) is 4.98 Å². The van der Waals surface area contributed by atoms with E-state index in [4.69, 9.17) is 20.9 Å². The lowest BCUT2D eigenvalue weighted by Gasteiger charge is -2.31. The van der Waals surface area contributed by atoms with Gasteiger partial charge in [-0.3, -0.25) is 4.79 Å². The minimum atomic E-state index is -0.482. The summed E-state index contributed by atoms with van der Waals surface area (Å²) in [4.78, 5) is 18.2. The Morgan fingerprint density at radius 1 is 1.52 bits per heavy atom. The molecule has 0 N–H and O–H groups in total. The zero-order valence-electron chi connectivity index (χ0n) is 12.5. The molecule has 0 unspecified atom stereocenters. The summed E-state index contributed by atoms with van der Waals surface area (Å²) in [5, 5.41) is 4.06. The highest BCUT2D eigenvalue weighted by Gasteiger charge is 2.29. The molecule has 1 fully saturated rings. The third-order valence-corrected chi connectivity index (χ3v) is 3.99. The number of carbonyl (C=O) groups excluding carboxylic acids is 1. The van der Waals surface area contributed by atoms with Crippen LogP contribution < -0.4 is 0 Å². The molecule has 1 aliphatic rings. The molecule has 8 heteroatoms. The molecule has 1 aromatic heterocycles. The lowest BCUT2D eigenvalue weighted by atomic mass is 10.1. The van der Waals surface area contributed by atoms with Gasteiger partial charge in [-0.05, 0) is 12.1 Å². The SMILES string of the molecule is Cc1nc([C@H]2CN(C(=O)Cc3c(F)cccc3Cl)CCO2)no1. The highest BCUT2D eigenvalue weighted by Crippen LogP contribution is 2.23. The lowest BCUT2D eigenvalue weighted by Crippen LogP contribution is -2.43. The van der Waals surface area contributed by atoms with Crippen LogP contribution in [0.2, 0.25) is 5.02 Å². The van der Waals surface area contributed by atoms with Gasteiger partial charge in [0, 0.05) is 24.1 Å². The summed E-state index contributed by atoms with van der Waals surface area (Å²) >= 11 is 5.97. The minimum Gasteiger partial charge on any atom is -0.366 e. The third kappa shape index (κ3) is 3.51. The van der Waals surface area contributed by atoms with Crippen molar-refractivity contribution < 1.29 is 18.4 Å². The fourth-order valence-corrected chi connectivity index (χ4v) is 2.67. The summed E-state index contributed by atoms with van der Waals surface area (Å²) in [6, 6.07) is 4.37. The Kier molecular flexibility index (Phi) is 4.58. The van der Waals surface area contributed by atoms with Crippen LogP contribution in [0.25, 0.3) is 0 Å². The molecule has 0 saturated carbocycles. The van der Waals surface area contributed by atoms with Crippen molar-refractivity contribution in [1.82, 2.24) is 15.0 Å². The summed E-state index contributed by atoms with van der Waals surface area (Å²) in [6.45, 7) is 2.76. The summed E-state index contributed by atoms with van der Waals surface area (Å²) in [7, 11) is 0. The van der Waals surface area contributed by atoms with Crippen molar-refractivity contribution in [2.45, 2.75) is 19.4 Å². The molecule has 0 aliphatic carbocycles. The number of aromatic nitrogens is 2. The van der Waals surface area contributed by atoms with E-state index < -0.39 is 11.9 Å². The van der Waals surface area contributed by atoms with E-state index in [9.17, 15) is 9.18 Å². The second-order valence-electron chi connectivity index (χ2n) is 5.25. The van der Waals surface area contributed by atoms with Gasteiger partial charge in [0.05, 0.1) is 19.6 Å². The van der Waals surface area contributed by atoms with Crippen molar-refractivity contribution in [1.29, 1.82) is 0 Å². The van der Waals surface area contributed by atoms with Crippen LogP contribution in [0.3, 0.4) is 0 Å². The molecule has 1 amide bonds. The predicted octanol–water partition coefficient (Wildman–Crippen LogP) is 2.31. The Balaban J connectivity index is 1.70. The molecule has 2 heterocycles. The van der Waals surface area contributed by atoms with E-state index in [0.29, 0.717) is 31.4 Å². The van der Waals surface area contributed by atoms with Gasteiger partial charge in [-0.25, -0.2) is 4.39 Å². The average molecular weight is 340 g/mol. The van der Waals surface area contributed by atoms with Crippen molar-refractivity contribution in [2.24, 2.45) is 0 Å². The Morgan fingerprint density at radius 2 is 2.35 bits per heavy atom. The molecular weight excluding hydrogens is 325 g/mol. The summed E-state index contributed by atoms with van der Waals surface area (Å²) in [5.74, 6) is 0.143. The van der Waals surface area contributed by atoms with Crippen molar-refractivity contribution >= 4 is 17.5 Å². The van der Waals surface area contributed by atoms with Crippen molar-refractivity contribution in [3.8, 4) is 0 Å². The highest BCUT2D eigenvalue weighted by molar-refractivity contribution is 6.31. The van der Waals surface area contributed by atoms with Gasteiger partial charge in [-0.1, -0.05) is 22.8 Å². The Hall–Kier alpha value is -1.99. The van der Waals surface area contributed by atoms with E-state index in [2.05, 4.69) is 10.1 Å². The zero-order chi connectivity index (χ0) is 16.4. The molecule has 0 spiro atoms. The van der Waals surface area contributed by atoms with E-state index in [-0.39, 0.29) is 22.9 Å². The van der Waals surface area contributed by atoms with E-state index >= 15 is 0 Å². The maximum absolute atomic E-state index is 13.8. The highest BCUT2D eigenvalue weighted by atomic mass is 35.5. The van der Waals surface area contributed by atoms with E-state index in [0.717, 1.165) is 0 Å². The number of ether oxygens (including phenoxy) is 1. The number of amides is 1. The maximum Gasteiger partial charge on any atom is 0.227 e. The number of nitrogens with zero attached hydrogens (tertiary/aromatic N) is 3. The fourth-order valence-electron chi connectivity index (χ4n) is 2.44. The molecule has 0 radical (unpaired) electrons. The van der Waals surface area contributed by atoms with Crippen molar-refractivity contribution in [3.63, 3.8) is 0 Å². The molecule has 0 bridgehead atoms. The van der Waals surface area contributed by atoms with Crippen LogP contribution in [0, 0.1) is 12.7 Å². The van der Waals surface area contributed by atoms with Crippen LogP contribution in [0.1, 0.15) is 23.4 Å². The van der Waals surface area contributed by atoms with Gasteiger partial charge >= 0.3 is 0 Å². The van der Waals surface area contributed by atoms with Crippen LogP contribution in [0.15, 0.2) is 22.7 Å². The number of halogens is 2. The number of rotatable bonds is 3. The number of aryl methyl sites for hydroxylation is 1. The van der Waals surface area contributed by atoms with Gasteiger partial charge in [0.25, 0.3) is 0 Å². The summed E-state index contributed by atoms with van der Waals surface area (Å²) in [6.07, 6.45) is -0.537. The standard InChI is InChI=1S/C15H15ClFN3O3/c1-9-18-15(19-23-9)13-8-20(5-6-22-13)14(21)7-10-11(16)3-2-4-12(10)17/h2-4,13H,5-8H2,1H3/t13-/m1/s1. The van der Waals surface area contributed by atoms with Gasteiger partial charge in [0.15, 0.2) is 0 Å². The normalized spacial score (nSPS) is 18.2. The number of hydrogen-bond acceptors (Lipinski definition) is 5. The van der Waals surface area contributed by atoms with Crippen LogP contribution in [0.5, 0.6) is 0 Å². The monoisotopic (exact) mass is 339 g/mol. The predicted molar refractivity (Wildman–Crippen MR) is 79.4 cm³/mol. The molecule has 1 atom stereocenters. The minimum absolute atomic E-state index is 0.0938. The molecule has 122 valence electrons. The van der Waals surface area contributed by atoms with Crippen LogP contribution in [0.4, 0.5) is 4.39 Å². The summed E-state index contributed by atoms with van der Waals surface area (Å²) < 4.78 is 24.3. The topological polar surface area (TPSA) is 68.5 Å². The quantitative estimate of drug-likeness (QED) is 0.858. The largest absolute Gasteiger partial charge is 0.366 e. The number of hydrogen-bond donors (Lipinski definition) is 0. The van der Waals surface area contributed by atoms with Crippen LogP contribution in [-0.4, -0.2) is 40.6 Å². The average Bonchev–Trinajstić information content (AvgIpc) is 2.97. The number of carbonyl (C=O) groups is 1. The summed E-state index contributed by atoms with van der Waals surface area (Å²) in [5.41, 5.74) is 0.206. The Labute approximate surface area is 137 Å². The number of benzene rings is 1. The molecular formula is C15H15ClFN3O3. The second kappa shape index (κ2) is 6.64. The molecule has 1 aliphatic heterocycles. The van der Waals surface area contributed by atoms with Gasteiger partial charge in [0.1, 0.15) is 11.9 Å². The van der Waals surface area contributed by atoms with Crippen LogP contribution >= 0.6 is 11.6 Å². The van der Waals surface area contributed by atoms with Crippen LogP contribution in [-0.2, 0) is 16.0 Å². The third-order valence-electron chi connectivity index (χ3n) is 3.64. The molecule has 1 aromatic carbocycles. The Morgan fingerprint density at radius 3 is 3.04 bits per heavy atom. The second-order valence-corrected chi connectivity index (χ2v) is 5.65. The first-order valence-electron chi connectivity index (χ1n) is 7.17. The van der Waals surface area contributed by atoms with E-state index in [1.54, 1.807) is 17.9 Å². The number of morpholine rings is 1. The smallest absolute Gasteiger partial charge is 0.227 e. The zero-order valence-corrected chi connectivity index (χ0v) is 13.2. The Bertz CT molecular complexity index is 701. The van der Waals surface area contributed by atoms with E-state index in [1.807, 2.05) is 0 Å². The van der Waals surface area contributed by atoms with Crippen molar-refractivity contribution in [2.75, 3.05) is 19.7 Å². The molecule has 1 saturated heterocycles. The molecule has 3 rings (SSSR count). The van der Waals surface area contributed by atoms with Crippen molar-refractivity contribution in [3.05, 3.63) is 46.3 Å². The van der Waals surface area contributed by atoms with Gasteiger partial charge in [0.2, 0.25) is 17.6 Å².